The Morgan fingerprint density at radius 2 is 1.67 bits per heavy atom. The summed E-state index contributed by atoms with van der Waals surface area (Å²) in [4.78, 5) is 36.3. The molecule has 2 aromatic carbocycles. The Morgan fingerprint density at radius 1 is 1.00 bits per heavy atom. The van der Waals surface area contributed by atoms with Crippen molar-refractivity contribution in [3.63, 3.8) is 0 Å². The third-order valence-corrected chi connectivity index (χ3v) is 4.67. The molecule has 0 aliphatic heterocycles. The summed E-state index contributed by atoms with van der Waals surface area (Å²) in [6, 6.07) is 14.4. The molecule has 1 amide bonds. The molecule has 1 aromatic heterocycles. The molecule has 3 rings (SSSR count). The van der Waals surface area contributed by atoms with Crippen molar-refractivity contribution in [2.24, 2.45) is 0 Å². The van der Waals surface area contributed by atoms with Crippen molar-refractivity contribution in [3.8, 4) is 0 Å². The Labute approximate surface area is 186 Å². The monoisotopic (exact) mass is 465 g/mol. The SMILES string of the molecule is O=C(COC(=O)c1ccc(=O)n(Cc2ccccc2)n1)Nc1c(Cl)cc(Cl)cc1Cl. The highest BCUT2D eigenvalue weighted by Crippen LogP contribution is 2.33. The van der Waals surface area contributed by atoms with Gasteiger partial charge in [0.1, 0.15) is 0 Å². The fraction of sp³-hybridized carbons (Fsp3) is 0.100. The summed E-state index contributed by atoms with van der Waals surface area (Å²) < 4.78 is 6.11. The molecule has 0 fully saturated rings. The standard InChI is InChI=1S/C20H14Cl3N3O4/c21-13-8-14(22)19(15(23)9-13)24-17(27)11-30-20(29)16-6-7-18(28)26(25-16)10-12-4-2-1-3-5-12/h1-9H,10-11H2,(H,24,27). The Bertz CT molecular complexity index is 1130. The number of halogens is 3. The number of esters is 1. The first-order chi connectivity index (χ1) is 14.3. The number of aromatic nitrogens is 2. The zero-order chi connectivity index (χ0) is 21.7. The summed E-state index contributed by atoms with van der Waals surface area (Å²) in [5.74, 6) is -1.52. The van der Waals surface area contributed by atoms with Crippen LogP contribution in [0.4, 0.5) is 5.69 Å². The van der Waals surface area contributed by atoms with Crippen molar-refractivity contribution in [2.45, 2.75) is 6.54 Å². The third kappa shape index (κ3) is 5.60. The van der Waals surface area contributed by atoms with Gasteiger partial charge in [-0.25, -0.2) is 9.48 Å². The molecule has 1 N–H and O–H groups in total. The number of carbonyl (C=O) groups excluding carboxylic acids is 2. The molecule has 0 aliphatic rings. The summed E-state index contributed by atoms with van der Waals surface area (Å²) in [5, 5.41) is 7.05. The number of amides is 1. The lowest BCUT2D eigenvalue weighted by Crippen LogP contribution is -2.26. The van der Waals surface area contributed by atoms with E-state index in [-0.39, 0.29) is 33.5 Å². The van der Waals surface area contributed by atoms with Gasteiger partial charge in [0.05, 0.1) is 22.3 Å². The summed E-state index contributed by atoms with van der Waals surface area (Å²) in [6.07, 6.45) is 0. The van der Waals surface area contributed by atoms with Crippen LogP contribution in [0.5, 0.6) is 0 Å². The van der Waals surface area contributed by atoms with Gasteiger partial charge in [-0.1, -0.05) is 65.1 Å². The minimum atomic E-state index is -0.861. The molecular weight excluding hydrogens is 453 g/mol. The van der Waals surface area contributed by atoms with Gasteiger partial charge in [-0.2, -0.15) is 5.10 Å². The van der Waals surface area contributed by atoms with Gasteiger partial charge in [-0.3, -0.25) is 9.59 Å². The zero-order valence-corrected chi connectivity index (χ0v) is 17.5. The van der Waals surface area contributed by atoms with Gasteiger partial charge >= 0.3 is 5.97 Å². The second kappa shape index (κ2) is 9.75. The lowest BCUT2D eigenvalue weighted by molar-refractivity contribution is -0.119. The Hall–Kier alpha value is -2.87. The van der Waals surface area contributed by atoms with E-state index in [0.29, 0.717) is 5.02 Å². The summed E-state index contributed by atoms with van der Waals surface area (Å²) in [7, 11) is 0. The molecule has 3 aromatic rings. The first-order valence-electron chi connectivity index (χ1n) is 8.57. The minimum Gasteiger partial charge on any atom is -0.451 e. The van der Waals surface area contributed by atoms with E-state index in [1.807, 2.05) is 30.3 Å². The quantitative estimate of drug-likeness (QED) is 0.554. The topological polar surface area (TPSA) is 90.3 Å². The molecule has 10 heteroatoms. The van der Waals surface area contributed by atoms with Crippen LogP contribution in [0.2, 0.25) is 15.1 Å². The van der Waals surface area contributed by atoms with Crippen LogP contribution in [0.25, 0.3) is 0 Å². The molecule has 0 aliphatic carbocycles. The van der Waals surface area contributed by atoms with Crippen LogP contribution in [-0.4, -0.2) is 28.3 Å². The number of carbonyl (C=O) groups is 2. The molecule has 0 saturated heterocycles. The van der Waals surface area contributed by atoms with Crippen molar-refractivity contribution in [1.82, 2.24) is 9.78 Å². The van der Waals surface area contributed by atoms with Crippen molar-refractivity contribution in [3.05, 3.63) is 91.3 Å². The van der Waals surface area contributed by atoms with E-state index >= 15 is 0 Å². The number of ether oxygens (including phenoxy) is 1. The van der Waals surface area contributed by atoms with E-state index < -0.39 is 18.5 Å². The van der Waals surface area contributed by atoms with Crippen LogP contribution in [0.15, 0.2) is 59.4 Å². The Balaban J connectivity index is 1.64. The largest absolute Gasteiger partial charge is 0.451 e. The van der Waals surface area contributed by atoms with Crippen molar-refractivity contribution in [1.29, 1.82) is 0 Å². The second-order valence-corrected chi connectivity index (χ2v) is 7.32. The van der Waals surface area contributed by atoms with E-state index in [0.717, 1.165) is 10.2 Å². The van der Waals surface area contributed by atoms with Crippen LogP contribution in [-0.2, 0) is 16.1 Å². The van der Waals surface area contributed by atoms with E-state index in [2.05, 4.69) is 10.4 Å². The highest BCUT2D eigenvalue weighted by molar-refractivity contribution is 6.42. The van der Waals surface area contributed by atoms with Crippen LogP contribution in [0, 0.1) is 0 Å². The number of nitrogens with one attached hydrogen (secondary N) is 1. The van der Waals surface area contributed by atoms with Crippen LogP contribution >= 0.6 is 34.8 Å². The molecule has 0 spiro atoms. The number of nitrogens with zero attached hydrogens (tertiary/aromatic N) is 2. The first-order valence-corrected chi connectivity index (χ1v) is 9.70. The summed E-state index contributed by atoms with van der Waals surface area (Å²) >= 11 is 17.8. The van der Waals surface area contributed by atoms with Crippen LogP contribution < -0.4 is 10.9 Å². The van der Waals surface area contributed by atoms with Crippen LogP contribution in [0.3, 0.4) is 0 Å². The number of anilines is 1. The van der Waals surface area contributed by atoms with E-state index in [1.54, 1.807) is 0 Å². The molecule has 154 valence electrons. The zero-order valence-electron chi connectivity index (χ0n) is 15.3. The van der Waals surface area contributed by atoms with E-state index in [1.165, 1.54) is 24.3 Å². The molecule has 0 unspecified atom stereocenters. The summed E-state index contributed by atoms with van der Waals surface area (Å²) in [6.45, 7) is -0.414. The Morgan fingerprint density at radius 3 is 2.33 bits per heavy atom. The molecule has 7 nitrogen and oxygen atoms in total. The van der Waals surface area contributed by atoms with E-state index in [9.17, 15) is 14.4 Å². The number of hydrogen-bond donors (Lipinski definition) is 1. The molecular formula is C20H14Cl3N3O4. The van der Waals surface area contributed by atoms with Gasteiger partial charge in [0.25, 0.3) is 11.5 Å². The lowest BCUT2D eigenvalue weighted by Gasteiger charge is -2.10. The number of rotatable bonds is 6. The van der Waals surface area contributed by atoms with Gasteiger partial charge in [-0.05, 0) is 23.8 Å². The van der Waals surface area contributed by atoms with Crippen molar-refractivity contribution in [2.75, 3.05) is 11.9 Å². The molecule has 1 heterocycles. The van der Waals surface area contributed by atoms with Gasteiger partial charge in [0.2, 0.25) is 0 Å². The fourth-order valence-corrected chi connectivity index (χ4v) is 3.38. The number of hydrogen-bond acceptors (Lipinski definition) is 5. The maximum atomic E-state index is 12.2. The van der Waals surface area contributed by atoms with E-state index in [4.69, 9.17) is 39.5 Å². The summed E-state index contributed by atoms with van der Waals surface area (Å²) in [5.41, 5.74) is 0.507. The molecule has 0 bridgehead atoms. The Kier molecular flexibility index (Phi) is 7.10. The average Bonchev–Trinajstić information content (AvgIpc) is 2.71. The van der Waals surface area contributed by atoms with Crippen LogP contribution in [0.1, 0.15) is 16.1 Å². The fourth-order valence-electron chi connectivity index (χ4n) is 2.47. The minimum absolute atomic E-state index is 0.110. The van der Waals surface area contributed by atoms with Gasteiger partial charge in [-0.15, -0.1) is 0 Å². The first kappa shape index (κ1) is 21.8. The van der Waals surface area contributed by atoms with Gasteiger partial charge in [0.15, 0.2) is 12.3 Å². The van der Waals surface area contributed by atoms with Crippen molar-refractivity contribution < 1.29 is 14.3 Å². The third-order valence-electron chi connectivity index (χ3n) is 3.86. The molecule has 0 atom stereocenters. The lowest BCUT2D eigenvalue weighted by atomic mass is 10.2. The smallest absolute Gasteiger partial charge is 0.359 e. The normalized spacial score (nSPS) is 10.5. The molecule has 0 radical (unpaired) electrons. The predicted molar refractivity (Wildman–Crippen MR) is 114 cm³/mol. The maximum absolute atomic E-state index is 12.2. The van der Waals surface area contributed by atoms with Gasteiger partial charge in [0, 0.05) is 11.1 Å². The number of benzene rings is 2. The second-order valence-electron chi connectivity index (χ2n) is 6.07. The molecule has 0 saturated carbocycles. The van der Waals surface area contributed by atoms with Gasteiger partial charge < -0.3 is 10.1 Å². The highest BCUT2D eigenvalue weighted by atomic mass is 35.5. The average molecular weight is 467 g/mol. The highest BCUT2D eigenvalue weighted by Gasteiger charge is 2.16. The maximum Gasteiger partial charge on any atom is 0.359 e. The van der Waals surface area contributed by atoms with Crippen molar-refractivity contribution >= 4 is 52.4 Å². The molecule has 30 heavy (non-hydrogen) atoms. The predicted octanol–water partition coefficient (Wildman–Crippen LogP) is 4.05.